The van der Waals surface area contributed by atoms with Crippen LogP contribution in [-0.2, 0) is 9.53 Å². The molecule has 1 heterocycles. The Bertz CT molecular complexity index is 564. The van der Waals surface area contributed by atoms with E-state index >= 15 is 0 Å². The van der Waals surface area contributed by atoms with Crippen LogP contribution < -0.4 is 5.32 Å². The summed E-state index contributed by atoms with van der Waals surface area (Å²) in [7, 11) is 0. The molecule has 2 unspecified atom stereocenters. The van der Waals surface area contributed by atoms with Crippen LogP contribution in [-0.4, -0.2) is 40.2 Å². The first-order chi connectivity index (χ1) is 9.76. The largest absolute Gasteiger partial charge is 0.479 e. The van der Waals surface area contributed by atoms with Crippen molar-refractivity contribution in [1.29, 1.82) is 0 Å². The molecular formula is C15H22N2O4. The normalized spacial score (nSPS) is 27.0. The summed E-state index contributed by atoms with van der Waals surface area (Å²) in [4.78, 5) is 27.0. The number of aliphatic carboxylic acids is 1. The maximum Gasteiger partial charge on any atom is 0.330 e. The van der Waals surface area contributed by atoms with E-state index in [0.717, 1.165) is 5.56 Å². The third kappa shape index (κ3) is 2.23. The number of amides is 1. The van der Waals surface area contributed by atoms with Crippen molar-refractivity contribution >= 4 is 11.9 Å². The fourth-order valence-electron chi connectivity index (χ4n) is 2.98. The summed E-state index contributed by atoms with van der Waals surface area (Å²) in [5.74, 6) is -1.40. The molecule has 116 valence electrons. The highest BCUT2D eigenvalue weighted by Gasteiger charge is 2.66. The Morgan fingerprint density at radius 2 is 2.14 bits per heavy atom. The average Bonchev–Trinajstić information content (AvgIpc) is 2.83. The fraction of sp³-hybridized carbons (Fsp3) is 0.600. The Morgan fingerprint density at radius 3 is 2.57 bits per heavy atom. The number of aromatic nitrogens is 1. The van der Waals surface area contributed by atoms with Crippen molar-refractivity contribution in [2.45, 2.75) is 45.8 Å². The summed E-state index contributed by atoms with van der Waals surface area (Å²) < 4.78 is 5.57. The van der Waals surface area contributed by atoms with E-state index in [9.17, 15) is 14.7 Å². The quantitative estimate of drug-likeness (QED) is 0.771. The number of H-pyrrole nitrogens is 1. The summed E-state index contributed by atoms with van der Waals surface area (Å²) in [5.41, 5.74) is -0.722. The van der Waals surface area contributed by atoms with Gasteiger partial charge in [0.05, 0.1) is 11.7 Å². The Kier molecular flexibility index (Phi) is 3.84. The van der Waals surface area contributed by atoms with Gasteiger partial charge in [0, 0.05) is 30.8 Å². The first-order valence-corrected chi connectivity index (χ1v) is 7.07. The SMILES string of the molecule is CCOC1CC(NC(=O)c2c[nH]cc2C)(C(=O)O)C1(C)C. The molecular weight excluding hydrogens is 272 g/mol. The lowest BCUT2D eigenvalue weighted by molar-refractivity contribution is -0.190. The van der Waals surface area contributed by atoms with E-state index < -0.39 is 16.9 Å². The van der Waals surface area contributed by atoms with Crippen LogP contribution >= 0.6 is 0 Å². The average molecular weight is 294 g/mol. The standard InChI is InChI=1S/C15H22N2O4/c1-5-21-11-6-15(13(19)20,14(11,3)4)17-12(18)10-8-16-7-9(10)2/h7-8,11,16H,5-6H2,1-4H3,(H,17,18)(H,19,20). The number of carboxylic acid groups (broad SMARTS) is 1. The van der Waals surface area contributed by atoms with E-state index in [2.05, 4.69) is 10.3 Å². The van der Waals surface area contributed by atoms with Gasteiger partial charge in [-0.15, -0.1) is 0 Å². The molecule has 1 aromatic heterocycles. The van der Waals surface area contributed by atoms with Gasteiger partial charge in [-0.25, -0.2) is 4.79 Å². The van der Waals surface area contributed by atoms with E-state index in [1.807, 2.05) is 20.8 Å². The summed E-state index contributed by atoms with van der Waals surface area (Å²) in [6.45, 7) is 7.82. The van der Waals surface area contributed by atoms with Crippen molar-refractivity contribution in [1.82, 2.24) is 10.3 Å². The van der Waals surface area contributed by atoms with Crippen LogP contribution in [0.5, 0.6) is 0 Å². The molecule has 2 atom stereocenters. The summed E-state index contributed by atoms with van der Waals surface area (Å²) >= 11 is 0. The molecule has 0 aliphatic heterocycles. The molecule has 2 rings (SSSR count). The highest BCUT2D eigenvalue weighted by Crippen LogP contribution is 2.51. The maximum absolute atomic E-state index is 12.4. The minimum absolute atomic E-state index is 0.175. The van der Waals surface area contributed by atoms with Crippen LogP contribution in [0.1, 0.15) is 43.1 Å². The number of carboxylic acids is 1. The topological polar surface area (TPSA) is 91.4 Å². The number of aromatic amines is 1. The second-order valence-electron chi connectivity index (χ2n) is 6.09. The highest BCUT2D eigenvalue weighted by molar-refractivity contribution is 5.99. The van der Waals surface area contributed by atoms with Gasteiger partial charge in [-0.05, 0) is 19.4 Å². The smallest absolute Gasteiger partial charge is 0.330 e. The molecule has 1 aromatic rings. The third-order valence-corrected chi connectivity index (χ3v) is 4.65. The summed E-state index contributed by atoms with van der Waals surface area (Å²) in [6.07, 6.45) is 3.38. The Balaban J connectivity index is 2.24. The second kappa shape index (κ2) is 5.18. The molecule has 21 heavy (non-hydrogen) atoms. The van der Waals surface area contributed by atoms with Gasteiger partial charge in [-0.2, -0.15) is 0 Å². The molecule has 1 amide bonds. The molecule has 0 saturated heterocycles. The summed E-state index contributed by atoms with van der Waals surface area (Å²) in [6, 6.07) is 0. The molecule has 0 bridgehead atoms. The van der Waals surface area contributed by atoms with E-state index in [4.69, 9.17) is 4.74 Å². The van der Waals surface area contributed by atoms with E-state index in [0.29, 0.717) is 12.2 Å². The summed E-state index contributed by atoms with van der Waals surface area (Å²) in [5, 5.41) is 12.4. The van der Waals surface area contributed by atoms with Crippen molar-refractivity contribution in [3.8, 4) is 0 Å². The van der Waals surface area contributed by atoms with Gasteiger partial charge in [0.1, 0.15) is 5.54 Å². The van der Waals surface area contributed by atoms with E-state index in [-0.39, 0.29) is 18.4 Å². The number of hydrogen-bond donors (Lipinski definition) is 3. The fourth-order valence-corrected chi connectivity index (χ4v) is 2.98. The minimum atomic E-state index is -1.30. The minimum Gasteiger partial charge on any atom is -0.479 e. The Labute approximate surface area is 123 Å². The highest BCUT2D eigenvalue weighted by atomic mass is 16.5. The van der Waals surface area contributed by atoms with Crippen LogP contribution in [0, 0.1) is 12.3 Å². The number of carbonyl (C=O) groups excluding carboxylic acids is 1. The van der Waals surface area contributed by atoms with Crippen LogP contribution in [0.25, 0.3) is 0 Å². The lowest BCUT2D eigenvalue weighted by atomic mass is 9.54. The Hall–Kier alpha value is -1.82. The van der Waals surface area contributed by atoms with Gasteiger partial charge in [0.15, 0.2) is 0 Å². The molecule has 1 fully saturated rings. The lowest BCUT2D eigenvalue weighted by Crippen LogP contribution is -2.76. The number of rotatable bonds is 5. The number of aryl methyl sites for hydroxylation is 1. The van der Waals surface area contributed by atoms with Crippen molar-refractivity contribution in [3.05, 3.63) is 23.5 Å². The Morgan fingerprint density at radius 1 is 1.48 bits per heavy atom. The second-order valence-corrected chi connectivity index (χ2v) is 6.09. The molecule has 6 heteroatoms. The van der Waals surface area contributed by atoms with Gasteiger partial charge in [-0.1, -0.05) is 13.8 Å². The number of hydrogen-bond acceptors (Lipinski definition) is 3. The van der Waals surface area contributed by atoms with Gasteiger partial charge in [-0.3, -0.25) is 4.79 Å². The predicted octanol–water partition coefficient (Wildman–Crippen LogP) is 1.71. The van der Waals surface area contributed by atoms with Gasteiger partial charge >= 0.3 is 5.97 Å². The molecule has 1 aliphatic carbocycles. The molecule has 0 aromatic carbocycles. The molecule has 1 aliphatic rings. The number of carbonyl (C=O) groups is 2. The molecule has 3 N–H and O–H groups in total. The molecule has 0 radical (unpaired) electrons. The van der Waals surface area contributed by atoms with Crippen LogP contribution in [0.4, 0.5) is 0 Å². The molecule has 0 spiro atoms. The zero-order valence-corrected chi connectivity index (χ0v) is 12.8. The van der Waals surface area contributed by atoms with Gasteiger partial charge in [0.25, 0.3) is 5.91 Å². The van der Waals surface area contributed by atoms with Crippen LogP contribution in [0.2, 0.25) is 0 Å². The van der Waals surface area contributed by atoms with Crippen LogP contribution in [0.15, 0.2) is 12.4 Å². The number of ether oxygens (including phenoxy) is 1. The van der Waals surface area contributed by atoms with E-state index in [1.165, 1.54) is 0 Å². The monoisotopic (exact) mass is 294 g/mol. The van der Waals surface area contributed by atoms with Crippen molar-refractivity contribution in [3.63, 3.8) is 0 Å². The van der Waals surface area contributed by atoms with Gasteiger partial charge < -0.3 is 20.1 Å². The third-order valence-electron chi connectivity index (χ3n) is 4.65. The molecule has 1 saturated carbocycles. The van der Waals surface area contributed by atoms with Crippen molar-refractivity contribution in [2.24, 2.45) is 5.41 Å². The number of nitrogens with one attached hydrogen (secondary N) is 2. The zero-order valence-electron chi connectivity index (χ0n) is 12.8. The first kappa shape index (κ1) is 15.6. The van der Waals surface area contributed by atoms with Gasteiger partial charge in [0.2, 0.25) is 0 Å². The van der Waals surface area contributed by atoms with Crippen molar-refractivity contribution < 1.29 is 19.4 Å². The lowest BCUT2D eigenvalue weighted by Gasteiger charge is -2.58. The van der Waals surface area contributed by atoms with Crippen LogP contribution in [0.3, 0.4) is 0 Å². The zero-order chi connectivity index (χ0) is 15.8. The first-order valence-electron chi connectivity index (χ1n) is 7.07. The van der Waals surface area contributed by atoms with Crippen molar-refractivity contribution in [2.75, 3.05) is 6.61 Å². The molecule has 6 nitrogen and oxygen atoms in total. The van der Waals surface area contributed by atoms with E-state index in [1.54, 1.807) is 19.3 Å². The predicted molar refractivity (Wildman–Crippen MR) is 77.2 cm³/mol. The maximum atomic E-state index is 12.4.